The number of nitrogens with zero attached hydrogens (tertiary/aromatic N) is 5. The Bertz CT molecular complexity index is 876. The van der Waals surface area contributed by atoms with Gasteiger partial charge in [0.05, 0.1) is 17.6 Å². The second-order valence-electron chi connectivity index (χ2n) is 6.85. The van der Waals surface area contributed by atoms with E-state index in [2.05, 4.69) is 20.4 Å². The van der Waals surface area contributed by atoms with Crippen molar-refractivity contribution in [3.8, 4) is 11.4 Å². The van der Waals surface area contributed by atoms with E-state index >= 15 is 0 Å². The Hall–Kier alpha value is -2.50. The topological polar surface area (TPSA) is 68.0 Å². The van der Waals surface area contributed by atoms with Crippen molar-refractivity contribution in [2.75, 3.05) is 5.32 Å². The van der Waals surface area contributed by atoms with Gasteiger partial charge < -0.3 is 5.32 Å². The molecule has 3 aromatic heterocycles. The van der Waals surface area contributed by atoms with Gasteiger partial charge in [-0.05, 0) is 43.7 Å². The van der Waals surface area contributed by atoms with Gasteiger partial charge in [0.25, 0.3) is 0 Å². The van der Waals surface area contributed by atoms with Gasteiger partial charge in [-0.1, -0.05) is 12.8 Å². The van der Waals surface area contributed by atoms with Gasteiger partial charge in [0, 0.05) is 24.0 Å². The lowest BCUT2D eigenvalue weighted by Gasteiger charge is -2.12. The molecule has 0 aliphatic heterocycles. The Morgan fingerprint density at radius 3 is 2.67 bits per heavy atom. The fourth-order valence-electron chi connectivity index (χ4n) is 3.54. The van der Waals surface area contributed by atoms with Crippen molar-refractivity contribution in [3.05, 3.63) is 36.3 Å². The van der Waals surface area contributed by atoms with Crippen molar-refractivity contribution in [1.29, 1.82) is 0 Å². The number of fused-ring (bicyclic) bond motifs is 1. The third kappa shape index (κ3) is 2.52. The molecular weight excluding hydrogens is 300 g/mol. The SMILES string of the molecule is c1cc(-c2ccn3ncc(C4CC4)c3n2)nc(NC2CCCC2)n1. The first-order valence-electron chi connectivity index (χ1n) is 8.81. The summed E-state index contributed by atoms with van der Waals surface area (Å²) in [7, 11) is 0. The molecular formula is C18H20N6. The molecule has 6 nitrogen and oxygen atoms in total. The summed E-state index contributed by atoms with van der Waals surface area (Å²) in [5.41, 5.74) is 3.95. The Morgan fingerprint density at radius 1 is 1.00 bits per heavy atom. The molecule has 2 saturated carbocycles. The van der Waals surface area contributed by atoms with E-state index in [-0.39, 0.29) is 0 Å². The van der Waals surface area contributed by atoms with Crippen LogP contribution in [0.15, 0.2) is 30.7 Å². The quantitative estimate of drug-likeness (QED) is 0.798. The van der Waals surface area contributed by atoms with Gasteiger partial charge in [0.2, 0.25) is 5.95 Å². The van der Waals surface area contributed by atoms with Crippen LogP contribution in [0.3, 0.4) is 0 Å². The molecule has 6 heteroatoms. The predicted octanol–water partition coefficient (Wildman–Crippen LogP) is 3.42. The lowest BCUT2D eigenvalue weighted by atomic mass is 10.2. The third-order valence-corrected chi connectivity index (χ3v) is 5.02. The first-order valence-corrected chi connectivity index (χ1v) is 8.81. The van der Waals surface area contributed by atoms with Gasteiger partial charge in [0.15, 0.2) is 5.65 Å². The molecule has 0 unspecified atom stereocenters. The second-order valence-corrected chi connectivity index (χ2v) is 6.85. The van der Waals surface area contributed by atoms with E-state index in [9.17, 15) is 0 Å². The highest BCUT2D eigenvalue weighted by molar-refractivity contribution is 5.61. The molecule has 0 saturated heterocycles. The van der Waals surface area contributed by atoms with E-state index in [0.29, 0.717) is 17.9 Å². The molecule has 0 aromatic carbocycles. The van der Waals surface area contributed by atoms with Crippen LogP contribution in [-0.4, -0.2) is 30.6 Å². The lowest BCUT2D eigenvalue weighted by Crippen LogP contribution is -2.16. The minimum Gasteiger partial charge on any atom is -0.351 e. The third-order valence-electron chi connectivity index (χ3n) is 5.02. The molecule has 2 aliphatic carbocycles. The zero-order valence-electron chi connectivity index (χ0n) is 13.5. The van der Waals surface area contributed by atoms with E-state index in [1.165, 1.54) is 44.1 Å². The summed E-state index contributed by atoms with van der Waals surface area (Å²) < 4.78 is 1.86. The van der Waals surface area contributed by atoms with Crippen LogP contribution in [0.4, 0.5) is 5.95 Å². The number of rotatable bonds is 4. The number of hydrogen-bond donors (Lipinski definition) is 1. The Kier molecular flexibility index (Phi) is 3.21. The first-order chi connectivity index (χ1) is 11.9. The summed E-state index contributed by atoms with van der Waals surface area (Å²) in [5, 5.41) is 7.87. The number of anilines is 1. The molecule has 2 fully saturated rings. The molecule has 0 spiro atoms. The number of aromatic nitrogens is 5. The molecule has 0 radical (unpaired) electrons. The fourth-order valence-corrected chi connectivity index (χ4v) is 3.54. The summed E-state index contributed by atoms with van der Waals surface area (Å²) in [4.78, 5) is 13.9. The molecule has 0 amide bonds. The molecule has 1 N–H and O–H groups in total. The Balaban J connectivity index is 1.48. The number of nitrogens with one attached hydrogen (secondary N) is 1. The maximum Gasteiger partial charge on any atom is 0.223 e. The van der Waals surface area contributed by atoms with E-state index in [4.69, 9.17) is 4.98 Å². The van der Waals surface area contributed by atoms with Crippen LogP contribution in [0.1, 0.15) is 50.0 Å². The summed E-state index contributed by atoms with van der Waals surface area (Å²) >= 11 is 0. The van der Waals surface area contributed by atoms with Crippen molar-refractivity contribution < 1.29 is 0 Å². The van der Waals surface area contributed by atoms with Crippen LogP contribution in [0, 0.1) is 0 Å². The Labute approximate surface area is 140 Å². The van der Waals surface area contributed by atoms with Crippen LogP contribution in [0.25, 0.3) is 17.0 Å². The summed E-state index contributed by atoms with van der Waals surface area (Å²) in [6.45, 7) is 0. The molecule has 3 aromatic rings. The number of hydrogen-bond acceptors (Lipinski definition) is 5. The van der Waals surface area contributed by atoms with Crippen LogP contribution < -0.4 is 5.32 Å². The van der Waals surface area contributed by atoms with Crippen molar-refractivity contribution in [2.45, 2.75) is 50.5 Å². The fraction of sp³-hybridized carbons (Fsp3) is 0.444. The van der Waals surface area contributed by atoms with Crippen molar-refractivity contribution >= 4 is 11.6 Å². The van der Waals surface area contributed by atoms with Gasteiger partial charge in [-0.25, -0.2) is 19.5 Å². The summed E-state index contributed by atoms with van der Waals surface area (Å²) in [6.07, 6.45) is 13.2. The van der Waals surface area contributed by atoms with Crippen LogP contribution in [-0.2, 0) is 0 Å². The van der Waals surface area contributed by atoms with Gasteiger partial charge in [0.1, 0.15) is 0 Å². The van der Waals surface area contributed by atoms with Gasteiger partial charge in [-0.15, -0.1) is 0 Å². The van der Waals surface area contributed by atoms with E-state index in [0.717, 1.165) is 17.0 Å². The molecule has 2 aliphatic rings. The molecule has 0 atom stereocenters. The van der Waals surface area contributed by atoms with Crippen molar-refractivity contribution in [3.63, 3.8) is 0 Å². The average molecular weight is 320 g/mol. The van der Waals surface area contributed by atoms with Gasteiger partial charge in [-0.3, -0.25) is 0 Å². The van der Waals surface area contributed by atoms with Gasteiger partial charge in [-0.2, -0.15) is 5.10 Å². The lowest BCUT2D eigenvalue weighted by molar-refractivity contribution is 0.744. The maximum atomic E-state index is 4.82. The van der Waals surface area contributed by atoms with E-state index in [1.54, 1.807) is 0 Å². The zero-order valence-corrected chi connectivity index (χ0v) is 13.5. The second kappa shape index (κ2) is 5.54. The standard InChI is InChI=1S/C18H20N6/c1-2-4-13(3-1)21-18-19-9-7-15(23-18)16-8-10-24-17(22-16)14(11-20-24)12-5-6-12/h7-13H,1-6H2,(H,19,21,23). The van der Waals surface area contributed by atoms with Crippen LogP contribution >= 0.6 is 0 Å². The minimum atomic E-state index is 0.506. The monoisotopic (exact) mass is 320 g/mol. The highest BCUT2D eigenvalue weighted by atomic mass is 15.2. The molecule has 0 bridgehead atoms. The Morgan fingerprint density at radius 2 is 1.83 bits per heavy atom. The largest absolute Gasteiger partial charge is 0.351 e. The highest BCUT2D eigenvalue weighted by Gasteiger charge is 2.27. The summed E-state index contributed by atoms with van der Waals surface area (Å²) in [6, 6.07) is 4.40. The van der Waals surface area contributed by atoms with E-state index in [1.807, 2.05) is 35.2 Å². The minimum absolute atomic E-state index is 0.506. The smallest absolute Gasteiger partial charge is 0.223 e. The van der Waals surface area contributed by atoms with Crippen molar-refractivity contribution in [2.24, 2.45) is 0 Å². The molecule has 122 valence electrons. The van der Waals surface area contributed by atoms with Crippen LogP contribution in [0.2, 0.25) is 0 Å². The van der Waals surface area contributed by atoms with Crippen molar-refractivity contribution in [1.82, 2.24) is 24.6 Å². The first kappa shape index (κ1) is 13.9. The molecule has 3 heterocycles. The zero-order chi connectivity index (χ0) is 15.9. The predicted molar refractivity (Wildman–Crippen MR) is 91.9 cm³/mol. The normalized spacial score (nSPS) is 18.3. The maximum absolute atomic E-state index is 4.82. The van der Waals surface area contributed by atoms with E-state index < -0.39 is 0 Å². The highest BCUT2D eigenvalue weighted by Crippen LogP contribution is 2.41. The summed E-state index contributed by atoms with van der Waals surface area (Å²) in [5.74, 6) is 1.34. The van der Waals surface area contributed by atoms with Gasteiger partial charge >= 0.3 is 0 Å². The average Bonchev–Trinajstić information content (AvgIpc) is 3.16. The molecule has 24 heavy (non-hydrogen) atoms. The molecule has 5 rings (SSSR count). The van der Waals surface area contributed by atoms with Crippen LogP contribution in [0.5, 0.6) is 0 Å².